The van der Waals surface area contributed by atoms with Gasteiger partial charge in [-0.3, -0.25) is 0 Å². The van der Waals surface area contributed by atoms with Gasteiger partial charge in [0, 0.05) is 0 Å². The van der Waals surface area contributed by atoms with Gasteiger partial charge in [0.15, 0.2) is 0 Å². The Kier molecular flexibility index (Phi) is 4.62. The molecule has 130 valence electrons. The second-order valence-corrected chi connectivity index (χ2v) is 7.00. The quantitative estimate of drug-likeness (QED) is 0.377. The molecule has 0 fully saturated rings. The van der Waals surface area contributed by atoms with Gasteiger partial charge in [-0.15, -0.1) is 0 Å². The predicted molar refractivity (Wildman–Crippen MR) is 111 cm³/mol. The normalized spacial score (nSPS) is 12.4. The fourth-order valence-electron chi connectivity index (χ4n) is 3.45. The van der Waals surface area contributed by atoms with Gasteiger partial charge in [-0.2, -0.15) is 0 Å². The summed E-state index contributed by atoms with van der Waals surface area (Å²) < 4.78 is 6.11. The second kappa shape index (κ2) is 7.21. The van der Waals surface area contributed by atoms with E-state index < -0.39 is 0 Å². The van der Waals surface area contributed by atoms with Crippen molar-refractivity contribution in [1.29, 1.82) is 0 Å². The molecule has 1 atom stereocenters. The van der Waals surface area contributed by atoms with E-state index in [2.05, 4.69) is 92.7 Å². The van der Waals surface area contributed by atoms with Crippen LogP contribution < -0.4 is 4.74 Å². The summed E-state index contributed by atoms with van der Waals surface area (Å²) in [5.74, 6) is 1.52. The molecular weight excluding hydrogens is 316 g/mol. The lowest BCUT2D eigenvalue weighted by Crippen LogP contribution is -1.96. The summed E-state index contributed by atoms with van der Waals surface area (Å²) in [4.78, 5) is 0. The Labute approximate surface area is 155 Å². The molecule has 0 aromatic heterocycles. The van der Waals surface area contributed by atoms with Crippen LogP contribution in [-0.2, 0) is 6.61 Å². The Morgan fingerprint density at radius 1 is 0.769 bits per heavy atom. The molecule has 1 heteroatoms. The van der Waals surface area contributed by atoms with Gasteiger partial charge in [0.2, 0.25) is 0 Å². The topological polar surface area (TPSA) is 9.23 Å². The summed E-state index contributed by atoms with van der Waals surface area (Å²) in [6, 6.07) is 28.0. The fraction of sp³-hybridized carbons (Fsp3) is 0.200. The Balaban J connectivity index is 1.57. The lowest BCUT2D eigenvalue weighted by molar-refractivity contribution is 0.308. The number of benzene rings is 4. The van der Waals surface area contributed by atoms with E-state index >= 15 is 0 Å². The van der Waals surface area contributed by atoms with Crippen molar-refractivity contribution in [2.24, 2.45) is 0 Å². The summed E-state index contributed by atoms with van der Waals surface area (Å²) >= 11 is 0. The minimum atomic E-state index is 0.581. The molecule has 0 bridgehead atoms. The van der Waals surface area contributed by atoms with Crippen LogP contribution in [0.1, 0.15) is 37.3 Å². The van der Waals surface area contributed by atoms with Gasteiger partial charge in [0.1, 0.15) is 12.4 Å². The van der Waals surface area contributed by atoms with Crippen molar-refractivity contribution < 1.29 is 4.74 Å². The van der Waals surface area contributed by atoms with Crippen LogP contribution >= 0.6 is 0 Å². The highest BCUT2D eigenvalue weighted by atomic mass is 16.5. The van der Waals surface area contributed by atoms with Crippen LogP contribution in [0.4, 0.5) is 0 Å². The summed E-state index contributed by atoms with van der Waals surface area (Å²) in [5.41, 5.74) is 2.62. The third kappa shape index (κ3) is 3.30. The first-order valence-electron chi connectivity index (χ1n) is 9.38. The highest BCUT2D eigenvalue weighted by Gasteiger charge is 2.06. The van der Waals surface area contributed by atoms with Crippen LogP contribution in [0.15, 0.2) is 78.9 Å². The van der Waals surface area contributed by atoms with E-state index in [4.69, 9.17) is 4.74 Å². The van der Waals surface area contributed by atoms with Crippen molar-refractivity contribution in [3.63, 3.8) is 0 Å². The smallest absolute Gasteiger partial charge is 0.120 e. The number of ether oxygens (including phenoxy) is 1. The van der Waals surface area contributed by atoms with Gasteiger partial charge in [-0.25, -0.2) is 0 Å². The lowest BCUT2D eigenvalue weighted by Gasteiger charge is -2.12. The summed E-state index contributed by atoms with van der Waals surface area (Å²) in [6.45, 7) is 5.10. The number of rotatable bonds is 5. The van der Waals surface area contributed by atoms with Crippen LogP contribution in [0.3, 0.4) is 0 Å². The maximum absolute atomic E-state index is 6.11. The fourth-order valence-corrected chi connectivity index (χ4v) is 3.45. The molecule has 0 radical (unpaired) electrons. The molecule has 4 aromatic carbocycles. The van der Waals surface area contributed by atoms with Crippen molar-refractivity contribution in [1.82, 2.24) is 0 Å². The first-order valence-corrected chi connectivity index (χ1v) is 9.38. The molecule has 1 nitrogen and oxygen atoms in total. The molecule has 0 amide bonds. The molecule has 1 unspecified atom stereocenters. The number of hydrogen-bond acceptors (Lipinski definition) is 1. The summed E-state index contributed by atoms with van der Waals surface area (Å²) in [5, 5.41) is 5.02. The minimum Gasteiger partial charge on any atom is -0.489 e. The van der Waals surface area contributed by atoms with Crippen molar-refractivity contribution in [2.45, 2.75) is 32.8 Å². The first kappa shape index (κ1) is 16.7. The second-order valence-electron chi connectivity index (χ2n) is 7.00. The summed E-state index contributed by atoms with van der Waals surface area (Å²) in [7, 11) is 0. The molecule has 0 spiro atoms. The van der Waals surface area contributed by atoms with Gasteiger partial charge in [-0.1, -0.05) is 80.6 Å². The zero-order valence-electron chi connectivity index (χ0n) is 15.4. The molecule has 0 heterocycles. The average Bonchev–Trinajstić information content (AvgIpc) is 2.71. The zero-order valence-corrected chi connectivity index (χ0v) is 15.4. The Morgan fingerprint density at radius 2 is 1.54 bits per heavy atom. The van der Waals surface area contributed by atoms with Crippen LogP contribution in [0.5, 0.6) is 5.75 Å². The molecule has 26 heavy (non-hydrogen) atoms. The van der Waals surface area contributed by atoms with Crippen LogP contribution in [-0.4, -0.2) is 0 Å². The summed E-state index contributed by atoms with van der Waals surface area (Å²) in [6.07, 6.45) is 1.16. The third-order valence-corrected chi connectivity index (χ3v) is 5.29. The van der Waals surface area contributed by atoms with E-state index in [1.165, 1.54) is 32.7 Å². The van der Waals surface area contributed by atoms with Crippen LogP contribution in [0, 0.1) is 0 Å². The van der Waals surface area contributed by atoms with E-state index in [0.717, 1.165) is 12.2 Å². The van der Waals surface area contributed by atoms with Crippen molar-refractivity contribution in [3.05, 3.63) is 90.0 Å². The minimum absolute atomic E-state index is 0.581. The maximum atomic E-state index is 6.11. The molecule has 0 aliphatic heterocycles. The van der Waals surface area contributed by atoms with E-state index in [1.54, 1.807) is 0 Å². The molecule has 0 aliphatic carbocycles. The van der Waals surface area contributed by atoms with Gasteiger partial charge >= 0.3 is 0 Å². The van der Waals surface area contributed by atoms with Gasteiger partial charge in [0.05, 0.1) is 0 Å². The van der Waals surface area contributed by atoms with E-state index in [1.807, 2.05) is 0 Å². The molecule has 0 aliphatic rings. The largest absolute Gasteiger partial charge is 0.489 e. The van der Waals surface area contributed by atoms with Gasteiger partial charge in [0.25, 0.3) is 0 Å². The van der Waals surface area contributed by atoms with Gasteiger partial charge in [-0.05, 0) is 57.1 Å². The van der Waals surface area contributed by atoms with Crippen LogP contribution in [0.25, 0.3) is 21.5 Å². The van der Waals surface area contributed by atoms with Crippen molar-refractivity contribution in [2.75, 3.05) is 0 Å². The van der Waals surface area contributed by atoms with E-state index in [9.17, 15) is 0 Å². The average molecular weight is 340 g/mol. The molecule has 0 saturated heterocycles. The standard InChI is InChI=1S/C25H24O/c1-3-18(2)20-11-12-22-16-24(14-13-21(22)15-20)26-17-23-9-6-8-19-7-4-5-10-25(19)23/h4-16,18H,3,17H2,1-2H3. The number of hydrogen-bond donors (Lipinski definition) is 0. The number of fused-ring (bicyclic) bond motifs is 2. The van der Waals surface area contributed by atoms with Crippen LogP contribution in [0.2, 0.25) is 0 Å². The maximum Gasteiger partial charge on any atom is 0.120 e. The lowest BCUT2D eigenvalue weighted by atomic mass is 9.96. The molecular formula is C25H24O. The van der Waals surface area contributed by atoms with Crippen molar-refractivity contribution in [3.8, 4) is 5.75 Å². The molecule has 4 aromatic rings. The SMILES string of the molecule is CCC(C)c1ccc2cc(OCc3cccc4ccccc34)ccc2c1. The molecule has 0 saturated carbocycles. The monoisotopic (exact) mass is 340 g/mol. The molecule has 0 N–H and O–H groups in total. The molecule has 4 rings (SSSR count). The Morgan fingerprint density at radius 3 is 2.42 bits per heavy atom. The zero-order chi connectivity index (χ0) is 17.9. The predicted octanol–water partition coefficient (Wildman–Crippen LogP) is 7.09. The van der Waals surface area contributed by atoms with E-state index in [0.29, 0.717) is 12.5 Å². The third-order valence-electron chi connectivity index (χ3n) is 5.29. The Bertz CT molecular complexity index is 1040. The van der Waals surface area contributed by atoms with Crippen molar-refractivity contribution >= 4 is 21.5 Å². The highest BCUT2D eigenvalue weighted by molar-refractivity contribution is 5.86. The van der Waals surface area contributed by atoms with Gasteiger partial charge < -0.3 is 4.74 Å². The highest BCUT2D eigenvalue weighted by Crippen LogP contribution is 2.27. The Hall–Kier alpha value is -2.80. The first-order chi connectivity index (χ1) is 12.7. The van der Waals surface area contributed by atoms with E-state index in [-0.39, 0.29) is 0 Å².